The average molecular weight is 1760 g/mol. The highest BCUT2D eigenvalue weighted by Crippen LogP contribution is 2.39. The largest absolute Gasteiger partial charge is 0.423 e. The molecule has 0 aliphatic carbocycles. The normalized spacial score (nSPS) is 11.0. The van der Waals surface area contributed by atoms with Gasteiger partial charge in [0.15, 0.2) is 82.0 Å². The molecule has 16 aromatic carbocycles. The van der Waals surface area contributed by atoms with Crippen molar-refractivity contribution < 1.29 is 90.8 Å². The highest BCUT2D eigenvalue weighted by Gasteiger charge is 2.36. The van der Waals surface area contributed by atoms with Crippen LogP contribution >= 0.6 is 0 Å². The topological polar surface area (TPSA) is 105 Å². The van der Waals surface area contributed by atoms with E-state index in [1.165, 1.54) is 31.7 Å². The minimum absolute atomic E-state index is 0.0513. The number of rotatable bonds is 20. The van der Waals surface area contributed by atoms with Gasteiger partial charge in [0.25, 0.3) is 0 Å². The molecule has 0 saturated carbocycles. The van der Waals surface area contributed by atoms with Crippen molar-refractivity contribution in [1.29, 1.82) is 0 Å². The summed E-state index contributed by atoms with van der Waals surface area (Å²) in [7, 11) is -1.46. The van der Waals surface area contributed by atoms with Crippen LogP contribution in [0, 0.1) is 52.4 Å². The second kappa shape index (κ2) is 42.2. The van der Waals surface area contributed by atoms with Gasteiger partial charge in [-0.1, -0.05) is 146 Å². The molecule has 0 heterocycles. The second-order valence-electron chi connectivity index (χ2n) is 26.5. The van der Waals surface area contributed by atoms with Gasteiger partial charge in [0.05, 0.1) is 65.8 Å². The molecular formula is C101H66F12O8S4+4. The maximum Gasteiger partial charge on any atom is 0.416 e. The monoisotopic (exact) mass is 1760 g/mol. The van der Waals surface area contributed by atoms with E-state index in [1.54, 1.807) is 48.5 Å². The molecule has 24 heteroatoms. The van der Waals surface area contributed by atoms with Gasteiger partial charge in [-0.2, -0.15) is 13.2 Å². The molecule has 0 saturated heterocycles. The first kappa shape index (κ1) is 88.7. The summed E-state index contributed by atoms with van der Waals surface area (Å²) >= 11 is 0. The van der Waals surface area contributed by atoms with Crippen molar-refractivity contribution in [2.75, 3.05) is 0 Å². The molecule has 16 aromatic rings. The van der Waals surface area contributed by atoms with Crippen LogP contribution < -0.4 is 18.9 Å². The molecule has 0 N–H and O–H groups in total. The molecule has 0 aliphatic heterocycles. The summed E-state index contributed by atoms with van der Waals surface area (Å²) in [5, 5.41) is 0. The smallest absolute Gasteiger partial charge is 0.416 e. The maximum absolute atomic E-state index is 13.9. The van der Waals surface area contributed by atoms with Crippen LogP contribution in [0.2, 0.25) is 0 Å². The summed E-state index contributed by atoms with van der Waals surface area (Å²) < 4.78 is 180. The van der Waals surface area contributed by atoms with Crippen molar-refractivity contribution in [3.8, 4) is 23.0 Å². The number of ether oxygens (including phenoxy) is 4. The van der Waals surface area contributed by atoms with Crippen LogP contribution in [0.25, 0.3) is 0 Å². The van der Waals surface area contributed by atoms with Gasteiger partial charge in [0.2, 0.25) is 5.82 Å². The van der Waals surface area contributed by atoms with Gasteiger partial charge < -0.3 is 18.9 Å². The van der Waals surface area contributed by atoms with Crippen LogP contribution in [0.1, 0.15) is 47.0 Å². The molecule has 0 unspecified atom stereocenters. The summed E-state index contributed by atoms with van der Waals surface area (Å²) in [6.07, 6.45) is -4.45. The van der Waals surface area contributed by atoms with E-state index < -0.39 is 104 Å². The molecule has 0 aromatic heterocycles. The van der Waals surface area contributed by atoms with Crippen molar-refractivity contribution in [2.24, 2.45) is 0 Å². The average Bonchev–Trinajstić information content (AvgIpc) is 0.660. The molecule has 0 aliphatic rings. The first-order chi connectivity index (χ1) is 60.5. The lowest BCUT2D eigenvalue weighted by atomic mass is 10.1. The summed E-state index contributed by atoms with van der Waals surface area (Å²) in [5.74, 6) is -17.9. The van der Waals surface area contributed by atoms with Crippen molar-refractivity contribution in [2.45, 2.75) is 64.9 Å². The van der Waals surface area contributed by atoms with E-state index in [9.17, 15) is 71.9 Å². The molecular weight excluding hydrogens is 1700 g/mol. The quantitative estimate of drug-likeness (QED) is 0.0186. The fraction of sp³-hybridized carbons (Fsp3) is 0.00990. The molecule has 16 rings (SSSR count). The summed E-state index contributed by atoms with van der Waals surface area (Å²) in [6, 6.07) is 117. The minimum atomic E-state index is -4.45. The molecule has 0 atom stereocenters. The Labute approximate surface area is 722 Å². The molecule has 622 valence electrons. The van der Waals surface area contributed by atoms with Gasteiger partial charge in [-0.3, -0.25) is 0 Å². The zero-order valence-corrected chi connectivity index (χ0v) is 68.3. The first-order valence-electron chi connectivity index (χ1n) is 37.8. The highest BCUT2D eigenvalue weighted by molar-refractivity contribution is 7.98. The molecule has 0 spiro atoms. The van der Waals surface area contributed by atoms with Crippen LogP contribution in [0.15, 0.2) is 459 Å². The Balaban J connectivity index is 0.000000143. The van der Waals surface area contributed by atoms with Crippen LogP contribution in [0.4, 0.5) is 52.7 Å². The Hall–Kier alpha value is -14.0. The van der Waals surface area contributed by atoms with Crippen LogP contribution in [0.3, 0.4) is 0 Å². The Morgan fingerprint density at radius 1 is 0.216 bits per heavy atom. The number of halogens is 12. The summed E-state index contributed by atoms with van der Waals surface area (Å²) in [6.45, 7) is 0. The fourth-order valence-electron chi connectivity index (χ4n) is 12.2. The van der Waals surface area contributed by atoms with E-state index in [2.05, 4.69) is 72.8 Å². The molecule has 0 bridgehead atoms. The van der Waals surface area contributed by atoms with Crippen molar-refractivity contribution in [1.82, 2.24) is 0 Å². The number of benzene rings is 16. The Morgan fingerprint density at radius 2 is 0.456 bits per heavy atom. The van der Waals surface area contributed by atoms with E-state index in [0.717, 1.165) is 87.7 Å². The Bertz CT molecular complexity index is 6110. The van der Waals surface area contributed by atoms with Crippen LogP contribution in [-0.2, 0) is 49.8 Å². The third-order valence-corrected chi connectivity index (χ3v) is 26.9. The molecule has 8 nitrogen and oxygen atoms in total. The van der Waals surface area contributed by atoms with Gasteiger partial charge in [-0.25, -0.2) is 58.7 Å². The lowest BCUT2D eigenvalue weighted by molar-refractivity contribution is -0.137. The van der Waals surface area contributed by atoms with Crippen molar-refractivity contribution in [3.05, 3.63) is 481 Å². The van der Waals surface area contributed by atoms with E-state index in [1.807, 2.05) is 206 Å². The first-order valence-corrected chi connectivity index (χ1v) is 42.7. The minimum Gasteiger partial charge on any atom is -0.423 e. The number of carbonyl (C=O) groups is 4. The predicted molar refractivity (Wildman–Crippen MR) is 456 cm³/mol. The van der Waals surface area contributed by atoms with Gasteiger partial charge in [-0.15, -0.1) is 0 Å². The third kappa shape index (κ3) is 23.2. The third-order valence-electron chi connectivity index (χ3n) is 18.0. The molecule has 0 fully saturated rings. The molecule has 0 radical (unpaired) electrons. The van der Waals surface area contributed by atoms with E-state index >= 15 is 0 Å². The summed E-state index contributed by atoms with van der Waals surface area (Å²) in [4.78, 5) is 62.1. The van der Waals surface area contributed by atoms with Crippen LogP contribution in [-0.4, -0.2) is 23.9 Å². The lowest BCUT2D eigenvalue weighted by Gasteiger charge is -2.10. The van der Waals surface area contributed by atoms with Gasteiger partial charge >= 0.3 is 30.1 Å². The lowest BCUT2D eigenvalue weighted by Crippen LogP contribution is -2.17. The Kier molecular flexibility index (Phi) is 29.9. The number of esters is 4. The highest BCUT2D eigenvalue weighted by atomic mass is 32.2. The second-order valence-corrected chi connectivity index (χ2v) is 34.6. The number of carbonyl (C=O) groups excluding carboxylic acids is 4. The van der Waals surface area contributed by atoms with Gasteiger partial charge in [-0.05, 0) is 243 Å². The van der Waals surface area contributed by atoms with Crippen LogP contribution in [0.5, 0.6) is 23.0 Å². The van der Waals surface area contributed by atoms with E-state index in [0.29, 0.717) is 23.6 Å². The van der Waals surface area contributed by atoms with Gasteiger partial charge in [0, 0.05) is 12.1 Å². The maximum atomic E-state index is 13.9. The zero-order chi connectivity index (χ0) is 87.9. The number of hydrogen-bond donors (Lipinski definition) is 0. The molecule has 0 amide bonds. The van der Waals surface area contributed by atoms with Crippen molar-refractivity contribution in [3.63, 3.8) is 0 Å². The van der Waals surface area contributed by atoms with E-state index in [-0.39, 0.29) is 60.9 Å². The zero-order valence-electron chi connectivity index (χ0n) is 65.0. The molecule has 125 heavy (non-hydrogen) atoms. The van der Waals surface area contributed by atoms with Crippen molar-refractivity contribution >= 4 is 67.5 Å². The number of hydrogen-bond acceptors (Lipinski definition) is 8. The predicted octanol–water partition coefficient (Wildman–Crippen LogP) is 26.3. The Morgan fingerprint density at radius 3 is 0.720 bits per heavy atom. The number of alkyl halides is 3. The standard InChI is InChI=1S/C26H18F3O2S.C25H14F5O2S.2C25H17F2O2S/c27-26(28,29)20-13-11-19(12-14-20)25(30)31-21-15-17-24(18-16-21)32(22-7-3-1-4-8-22)23-9-5-2-6-10-23;26-20-19(21(27)23(29)24(30)22(20)28)25(31)32-15-11-13-18(14-12-15)33(16-7-3-1-4-8-16)17-9-5-2-6-10-17;26-18-11-16-23(24(27)17-18)25(28)29-19-12-14-22(15-13-19)30(20-7-3-1-4-8-20)21-9-5-2-6-10-21;26-19-15-18(16-20(27)17-19)25(28)29-21-11-13-24(14-12-21)30(22-7-3-1-4-8-22)23-9-5-2-6-10-23/h1-18H;1-14H;2*1-17H/q4*+1. The van der Waals surface area contributed by atoms with Gasteiger partial charge in [0.1, 0.15) is 51.8 Å². The van der Waals surface area contributed by atoms with E-state index in [4.69, 9.17) is 18.9 Å². The summed E-state index contributed by atoms with van der Waals surface area (Å²) in [5.41, 5.74) is -2.90. The SMILES string of the molecule is O=C(Oc1ccc([S+](c2ccccc2)c2ccccc2)cc1)c1c(F)c(F)c(F)c(F)c1F.O=C(Oc1ccc([S+](c2ccccc2)c2ccccc2)cc1)c1cc(F)cc(F)c1.O=C(Oc1ccc([S+](c2ccccc2)c2ccccc2)cc1)c1ccc(C(F)(F)F)cc1.O=C(Oc1ccc([S+](c2ccccc2)c2ccccc2)cc1)c1ccc(F)cc1F. The fourth-order valence-corrected chi connectivity index (χ4v) is 20.6.